The van der Waals surface area contributed by atoms with Gasteiger partial charge in [0.1, 0.15) is 0 Å². The van der Waals surface area contributed by atoms with Crippen molar-refractivity contribution in [1.82, 2.24) is 0 Å². The molecule has 2 nitrogen and oxygen atoms in total. The first-order valence-corrected chi connectivity index (χ1v) is 15.6. The molecule has 43 heavy (non-hydrogen) atoms. The molecule has 0 aliphatic carbocycles. The first-order valence-electron chi connectivity index (χ1n) is 15.6. The summed E-state index contributed by atoms with van der Waals surface area (Å²) in [5.41, 5.74) is 8.88. The molecule has 0 spiro atoms. The summed E-state index contributed by atoms with van der Waals surface area (Å²) in [4.78, 5) is 4.83. The van der Waals surface area contributed by atoms with E-state index in [9.17, 15) is 0 Å². The lowest BCUT2D eigenvalue weighted by atomic mass is 9.93. The van der Waals surface area contributed by atoms with E-state index >= 15 is 0 Å². The van der Waals surface area contributed by atoms with Gasteiger partial charge in [0, 0.05) is 35.5 Å². The molecule has 0 N–H and O–H groups in total. The molecule has 0 fully saturated rings. The van der Waals surface area contributed by atoms with Crippen LogP contribution >= 0.6 is 0 Å². The zero-order chi connectivity index (χ0) is 29.3. The van der Waals surface area contributed by atoms with E-state index in [-0.39, 0.29) is 0 Å². The molecule has 0 aliphatic rings. The fraction of sp³-hybridized carbons (Fsp3) is 0.171. The predicted octanol–water partition coefficient (Wildman–Crippen LogP) is 11.0. The second-order valence-electron chi connectivity index (χ2n) is 11.6. The summed E-state index contributed by atoms with van der Waals surface area (Å²) in [6, 6.07) is 47.4. The van der Waals surface area contributed by atoms with Gasteiger partial charge in [0.2, 0.25) is 0 Å². The monoisotopic (exact) mass is 558 g/mol. The second kappa shape index (κ2) is 11.5. The van der Waals surface area contributed by atoms with Gasteiger partial charge in [-0.2, -0.15) is 0 Å². The highest BCUT2D eigenvalue weighted by Crippen LogP contribution is 2.43. The van der Waals surface area contributed by atoms with Gasteiger partial charge >= 0.3 is 0 Å². The maximum Gasteiger partial charge on any atom is 0.0540 e. The number of hydrogen-bond donors (Lipinski definition) is 0. The molecule has 0 aromatic heterocycles. The van der Waals surface area contributed by atoms with Crippen LogP contribution in [0.4, 0.5) is 22.7 Å². The van der Waals surface area contributed by atoms with Crippen molar-refractivity contribution in [3.8, 4) is 0 Å². The Hall–Kier alpha value is -4.82. The van der Waals surface area contributed by atoms with Crippen molar-refractivity contribution >= 4 is 55.1 Å². The average molecular weight is 559 g/mol. The summed E-state index contributed by atoms with van der Waals surface area (Å²) in [5.74, 6) is 0. The van der Waals surface area contributed by atoms with Crippen molar-refractivity contribution in [2.45, 2.75) is 33.6 Å². The van der Waals surface area contributed by atoms with Crippen LogP contribution in [0.2, 0.25) is 0 Å². The Kier molecular flexibility index (Phi) is 7.20. The van der Waals surface area contributed by atoms with Crippen LogP contribution in [0.3, 0.4) is 0 Å². The molecule has 7 aromatic carbocycles. The van der Waals surface area contributed by atoms with Crippen LogP contribution in [-0.4, -0.2) is 13.1 Å². The fourth-order valence-electron chi connectivity index (χ4n) is 6.63. The van der Waals surface area contributed by atoms with Gasteiger partial charge in [-0.1, -0.05) is 90.5 Å². The van der Waals surface area contributed by atoms with E-state index in [0.717, 1.165) is 25.9 Å². The molecule has 0 saturated carbocycles. The van der Waals surface area contributed by atoms with E-state index in [1.54, 1.807) is 0 Å². The molecule has 0 atom stereocenters. The first-order chi connectivity index (χ1) is 21.1. The second-order valence-corrected chi connectivity index (χ2v) is 11.6. The van der Waals surface area contributed by atoms with Crippen LogP contribution in [0.1, 0.15) is 30.5 Å². The van der Waals surface area contributed by atoms with E-state index in [0.29, 0.717) is 0 Å². The van der Waals surface area contributed by atoms with Gasteiger partial charge < -0.3 is 9.80 Å². The maximum absolute atomic E-state index is 2.42. The Labute approximate surface area is 255 Å². The highest BCUT2D eigenvalue weighted by Gasteiger charge is 2.18. The van der Waals surface area contributed by atoms with E-state index in [1.807, 2.05) is 0 Å². The minimum absolute atomic E-state index is 1.02. The molecule has 0 saturated heterocycles. The van der Waals surface area contributed by atoms with E-state index in [4.69, 9.17) is 0 Å². The third-order valence-electron chi connectivity index (χ3n) is 8.97. The van der Waals surface area contributed by atoms with E-state index in [1.165, 1.54) is 71.8 Å². The van der Waals surface area contributed by atoms with Crippen LogP contribution in [0.15, 0.2) is 127 Å². The number of benzene rings is 7. The first kappa shape index (κ1) is 27.0. The minimum Gasteiger partial charge on any atom is -0.372 e. The van der Waals surface area contributed by atoms with Crippen LogP contribution in [0.5, 0.6) is 0 Å². The SMILES string of the molecule is CCN(CC)c1cccc(CCc2ccc(N(c3ccc(C)cc3)c3ccc4ccc5cccc6ccc3c4c56)cc2)c1. The summed E-state index contributed by atoms with van der Waals surface area (Å²) in [6.45, 7) is 8.66. The number of nitrogens with zero attached hydrogens (tertiary/aromatic N) is 2. The number of rotatable bonds is 9. The highest BCUT2D eigenvalue weighted by atomic mass is 15.1. The van der Waals surface area contributed by atoms with Gasteiger partial charge in [0.15, 0.2) is 0 Å². The molecule has 0 unspecified atom stereocenters. The molecule has 0 aliphatic heterocycles. The lowest BCUT2D eigenvalue weighted by Gasteiger charge is -2.28. The van der Waals surface area contributed by atoms with Crippen molar-refractivity contribution in [2.75, 3.05) is 22.9 Å². The van der Waals surface area contributed by atoms with Gasteiger partial charge in [-0.3, -0.25) is 0 Å². The Balaban J connectivity index is 1.26. The van der Waals surface area contributed by atoms with E-state index in [2.05, 4.69) is 158 Å². The number of anilines is 4. The van der Waals surface area contributed by atoms with Crippen LogP contribution < -0.4 is 9.80 Å². The molecule has 212 valence electrons. The third kappa shape index (κ3) is 5.08. The Morgan fingerprint density at radius 1 is 0.488 bits per heavy atom. The van der Waals surface area contributed by atoms with Gasteiger partial charge in [0.25, 0.3) is 0 Å². The minimum atomic E-state index is 1.02. The Morgan fingerprint density at radius 2 is 1.07 bits per heavy atom. The normalized spacial score (nSPS) is 11.5. The van der Waals surface area contributed by atoms with Crippen molar-refractivity contribution < 1.29 is 0 Å². The van der Waals surface area contributed by atoms with Gasteiger partial charge in [-0.25, -0.2) is 0 Å². The quantitative estimate of drug-likeness (QED) is 0.163. The molecule has 2 heteroatoms. The molecule has 0 amide bonds. The zero-order valence-corrected chi connectivity index (χ0v) is 25.3. The molecule has 7 rings (SSSR count). The number of aryl methyl sites for hydroxylation is 3. The van der Waals surface area contributed by atoms with Crippen LogP contribution in [0.25, 0.3) is 32.3 Å². The van der Waals surface area contributed by atoms with Crippen molar-refractivity contribution in [3.05, 3.63) is 144 Å². The smallest absolute Gasteiger partial charge is 0.0540 e. The lowest BCUT2D eigenvalue weighted by molar-refractivity contribution is 0.862. The van der Waals surface area contributed by atoms with Gasteiger partial charge in [0.05, 0.1) is 5.69 Å². The fourth-order valence-corrected chi connectivity index (χ4v) is 6.63. The van der Waals surface area contributed by atoms with Crippen LogP contribution in [0, 0.1) is 6.92 Å². The molecule has 7 aromatic rings. The largest absolute Gasteiger partial charge is 0.372 e. The maximum atomic E-state index is 2.42. The summed E-state index contributed by atoms with van der Waals surface area (Å²) >= 11 is 0. The lowest BCUT2D eigenvalue weighted by Crippen LogP contribution is -2.21. The third-order valence-corrected chi connectivity index (χ3v) is 8.97. The number of hydrogen-bond acceptors (Lipinski definition) is 2. The molecular weight excluding hydrogens is 520 g/mol. The van der Waals surface area contributed by atoms with E-state index < -0.39 is 0 Å². The summed E-state index contributed by atoms with van der Waals surface area (Å²) in [5, 5.41) is 7.84. The zero-order valence-electron chi connectivity index (χ0n) is 25.3. The van der Waals surface area contributed by atoms with Crippen LogP contribution in [-0.2, 0) is 12.8 Å². The van der Waals surface area contributed by atoms with Crippen molar-refractivity contribution in [1.29, 1.82) is 0 Å². The predicted molar refractivity (Wildman–Crippen MR) is 187 cm³/mol. The molecule has 0 bridgehead atoms. The highest BCUT2D eigenvalue weighted by molar-refractivity contribution is 6.25. The summed E-state index contributed by atoms with van der Waals surface area (Å²) in [6.07, 6.45) is 2.05. The topological polar surface area (TPSA) is 6.48 Å². The van der Waals surface area contributed by atoms with Gasteiger partial charge in [-0.05, 0) is 114 Å². The Morgan fingerprint density at radius 3 is 1.77 bits per heavy atom. The molecule has 0 heterocycles. The Bertz CT molecular complexity index is 1980. The van der Waals surface area contributed by atoms with Crippen molar-refractivity contribution in [3.63, 3.8) is 0 Å². The molecule has 0 radical (unpaired) electrons. The van der Waals surface area contributed by atoms with Gasteiger partial charge in [-0.15, -0.1) is 0 Å². The summed E-state index contributed by atoms with van der Waals surface area (Å²) in [7, 11) is 0. The average Bonchev–Trinajstić information content (AvgIpc) is 3.05. The molecular formula is C41H38N2. The summed E-state index contributed by atoms with van der Waals surface area (Å²) < 4.78 is 0. The standard InChI is InChI=1S/C41H38N2/c1-4-42(5-2)37-11-6-8-31(28-37)15-14-30-16-24-36(25-17-30)43(35-22-12-29(3)13-23-35)39-27-21-34-19-18-32-9-7-10-33-20-26-38(39)41(34)40(32)33/h6-13,16-28H,4-5,14-15H2,1-3H3. The van der Waals surface area contributed by atoms with Crippen molar-refractivity contribution in [2.24, 2.45) is 0 Å².